The molecule has 2 heterocycles. The van der Waals surface area contributed by atoms with Gasteiger partial charge in [-0.3, -0.25) is 19.0 Å². The molecule has 0 spiro atoms. The Bertz CT molecular complexity index is 1520. The van der Waals surface area contributed by atoms with E-state index in [0.717, 1.165) is 37.9 Å². The van der Waals surface area contributed by atoms with Crippen LogP contribution in [0.3, 0.4) is 0 Å². The minimum atomic E-state index is -2.77. The van der Waals surface area contributed by atoms with Crippen molar-refractivity contribution in [3.8, 4) is 17.0 Å². The van der Waals surface area contributed by atoms with Crippen LogP contribution in [0.2, 0.25) is 0 Å². The van der Waals surface area contributed by atoms with Crippen LogP contribution in [0.5, 0.6) is 5.75 Å². The maximum Gasteiger partial charge on any atom is 0.254 e. The first-order valence-corrected chi connectivity index (χ1v) is 11.4. The van der Waals surface area contributed by atoms with Gasteiger partial charge in [-0.25, -0.2) is 14.4 Å². The van der Waals surface area contributed by atoms with Gasteiger partial charge in [0.2, 0.25) is 5.91 Å². The molecule has 0 bridgehead atoms. The highest BCUT2D eigenvalue weighted by atomic mass is 19.1. The van der Waals surface area contributed by atoms with Crippen LogP contribution in [0.1, 0.15) is 46.2 Å². The number of benzene rings is 1. The predicted octanol–water partition coefficient (Wildman–Crippen LogP) is 3.24. The van der Waals surface area contributed by atoms with Gasteiger partial charge in [0.1, 0.15) is 11.6 Å². The topological polar surface area (TPSA) is 127 Å². The number of methoxy groups -OCH3 is 1. The van der Waals surface area contributed by atoms with E-state index < -0.39 is 18.7 Å². The Morgan fingerprint density at radius 1 is 1.14 bits per heavy atom. The first kappa shape index (κ1) is 20.0. The van der Waals surface area contributed by atoms with Crippen LogP contribution in [0.15, 0.2) is 41.6 Å². The first-order chi connectivity index (χ1) is 18.5. The Hall–Kier alpha value is -4.28. The summed E-state index contributed by atoms with van der Waals surface area (Å²) in [7, 11) is 1.35. The molecule has 11 heteroatoms. The predicted molar refractivity (Wildman–Crippen MR) is 131 cm³/mol. The summed E-state index contributed by atoms with van der Waals surface area (Å²) in [4.78, 5) is 46.0. The molecule has 3 aromatic rings. The van der Waals surface area contributed by atoms with Gasteiger partial charge in [0.25, 0.3) is 11.5 Å². The van der Waals surface area contributed by atoms with Crippen LogP contribution >= 0.6 is 0 Å². The molecule has 2 fully saturated rings. The molecule has 5 rings (SSSR count). The number of nitrogens with zero attached hydrogens (tertiary/aromatic N) is 3. The molecule has 2 aliphatic rings. The molecule has 2 amide bonds. The highest BCUT2D eigenvalue weighted by molar-refractivity contribution is 6.01. The van der Waals surface area contributed by atoms with E-state index >= 15 is 0 Å². The molecule has 10 nitrogen and oxygen atoms in total. The van der Waals surface area contributed by atoms with E-state index in [9.17, 15) is 18.8 Å². The number of halogens is 1. The molecule has 0 unspecified atom stereocenters. The Morgan fingerprint density at radius 2 is 1.94 bits per heavy atom. The lowest BCUT2D eigenvalue weighted by Gasteiger charge is -2.18. The van der Waals surface area contributed by atoms with E-state index in [4.69, 9.17) is 8.85 Å². The van der Waals surface area contributed by atoms with Crippen molar-refractivity contribution in [2.45, 2.75) is 31.7 Å². The summed E-state index contributed by atoms with van der Waals surface area (Å²) < 4.78 is 44.0. The number of hydrogen-bond acceptors (Lipinski definition) is 7. The third-order valence-electron chi connectivity index (χ3n) is 6.04. The normalized spacial score (nSPS) is 16.3. The number of carbonyl (C=O) groups excluding carboxylic acids is 2. The highest BCUT2D eigenvalue weighted by Gasteiger charge is 2.30. The zero-order valence-corrected chi connectivity index (χ0v) is 19.3. The van der Waals surface area contributed by atoms with Gasteiger partial charge in [0.15, 0.2) is 5.75 Å². The van der Waals surface area contributed by atoms with Gasteiger partial charge in [-0.1, -0.05) is 0 Å². The molecule has 1 aromatic carbocycles. The summed E-state index contributed by atoms with van der Waals surface area (Å²) in [5.41, 5.74) is 0.0124. The van der Waals surface area contributed by atoms with Gasteiger partial charge in [0, 0.05) is 53.0 Å². The van der Waals surface area contributed by atoms with Gasteiger partial charge < -0.3 is 20.7 Å². The third-order valence-corrected chi connectivity index (χ3v) is 6.04. The molecule has 0 saturated heterocycles. The number of carbonyl (C=O) groups is 2. The standard InChI is InChI=1S/C25H25FN6O4/c1-27-25(35)17-11-28-21(31-24(34)13-3-4-13)9-19(17)30-20-8-14(26)7-16(23(20)36-2)18-10-22(33)32(12-29-18)15-5-6-15/h7-13,15H,3-6H2,1-2H3,(H,27,35)(H2,28,30,31,34)/i1D3. The van der Waals surface area contributed by atoms with E-state index in [1.54, 1.807) is 0 Å². The number of pyridine rings is 1. The van der Waals surface area contributed by atoms with Gasteiger partial charge in [-0.05, 0) is 31.7 Å². The van der Waals surface area contributed by atoms with Crippen molar-refractivity contribution in [3.63, 3.8) is 0 Å². The summed E-state index contributed by atoms with van der Waals surface area (Å²) in [6.45, 7) is -2.77. The van der Waals surface area contributed by atoms with Crippen LogP contribution in [-0.2, 0) is 4.79 Å². The molecule has 0 atom stereocenters. The van der Waals surface area contributed by atoms with Crippen molar-refractivity contribution < 1.29 is 22.8 Å². The molecule has 2 aliphatic carbocycles. The monoisotopic (exact) mass is 495 g/mol. The number of nitrogens with one attached hydrogen (secondary N) is 3. The second-order valence-electron chi connectivity index (χ2n) is 8.74. The molecule has 36 heavy (non-hydrogen) atoms. The van der Waals surface area contributed by atoms with Crippen LogP contribution in [0.25, 0.3) is 11.3 Å². The molecule has 186 valence electrons. The molecular formula is C25H25FN6O4. The molecule has 2 aromatic heterocycles. The van der Waals surface area contributed by atoms with Crippen LogP contribution in [0.4, 0.5) is 21.6 Å². The molecule has 0 radical (unpaired) electrons. The van der Waals surface area contributed by atoms with E-state index in [-0.39, 0.29) is 63.2 Å². The van der Waals surface area contributed by atoms with Gasteiger partial charge >= 0.3 is 0 Å². The summed E-state index contributed by atoms with van der Waals surface area (Å²) in [5.74, 6) is -1.77. The van der Waals surface area contributed by atoms with E-state index in [0.29, 0.717) is 0 Å². The minimum absolute atomic E-state index is 0.0322. The second kappa shape index (κ2) is 9.40. The summed E-state index contributed by atoms with van der Waals surface area (Å²) in [5, 5.41) is 7.47. The fourth-order valence-electron chi connectivity index (χ4n) is 3.88. The largest absolute Gasteiger partial charge is 0.494 e. The average molecular weight is 496 g/mol. The Kier molecular flexibility index (Phi) is 5.21. The Morgan fingerprint density at radius 3 is 2.61 bits per heavy atom. The SMILES string of the molecule is [2H]C([2H])([2H])NC(=O)c1cnc(NC(=O)C2CC2)cc1Nc1cc(F)cc(-c2cc(=O)n(C3CC3)cn2)c1OC. The van der Waals surface area contributed by atoms with Crippen LogP contribution in [0, 0.1) is 11.7 Å². The average Bonchev–Trinajstić information content (AvgIpc) is 3.76. The summed E-state index contributed by atoms with van der Waals surface area (Å²) in [6.07, 6.45) is 5.84. The van der Waals surface area contributed by atoms with E-state index in [2.05, 4.69) is 20.6 Å². The van der Waals surface area contributed by atoms with Crippen molar-refractivity contribution >= 4 is 29.0 Å². The molecular weight excluding hydrogens is 467 g/mol. The number of ether oxygens (including phenoxy) is 1. The summed E-state index contributed by atoms with van der Waals surface area (Å²) >= 11 is 0. The van der Waals surface area contributed by atoms with Crippen LogP contribution in [-0.4, -0.2) is 40.4 Å². The zero-order chi connectivity index (χ0) is 27.9. The number of anilines is 3. The second-order valence-corrected chi connectivity index (χ2v) is 8.74. The number of amides is 2. The zero-order valence-electron chi connectivity index (χ0n) is 22.3. The fourth-order valence-corrected chi connectivity index (χ4v) is 3.88. The van der Waals surface area contributed by atoms with Crippen LogP contribution < -0.4 is 26.2 Å². The Balaban J connectivity index is 1.54. The molecule has 0 aliphatic heterocycles. The van der Waals surface area contributed by atoms with E-state index in [1.165, 1.54) is 36.2 Å². The Labute approximate surface area is 210 Å². The maximum absolute atomic E-state index is 14.8. The molecule has 2 saturated carbocycles. The quantitative estimate of drug-likeness (QED) is 0.438. The highest BCUT2D eigenvalue weighted by Crippen LogP contribution is 2.39. The van der Waals surface area contributed by atoms with Crippen molar-refractivity contribution in [1.82, 2.24) is 19.9 Å². The fraction of sp³-hybridized carbons (Fsp3) is 0.320. The van der Waals surface area contributed by atoms with E-state index in [1.807, 2.05) is 5.32 Å². The third kappa shape index (κ3) is 4.77. The van der Waals surface area contributed by atoms with Crippen molar-refractivity contribution in [2.24, 2.45) is 5.92 Å². The number of rotatable bonds is 8. The van der Waals surface area contributed by atoms with Gasteiger partial charge in [-0.2, -0.15) is 0 Å². The van der Waals surface area contributed by atoms with Crippen molar-refractivity contribution in [2.75, 3.05) is 24.7 Å². The lowest BCUT2D eigenvalue weighted by Crippen LogP contribution is -2.20. The lowest BCUT2D eigenvalue weighted by atomic mass is 10.1. The minimum Gasteiger partial charge on any atom is -0.494 e. The summed E-state index contributed by atoms with van der Waals surface area (Å²) in [6, 6.07) is 5.04. The number of hydrogen-bond donors (Lipinski definition) is 3. The van der Waals surface area contributed by atoms with Crippen molar-refractivity contribution in [3.05, 3.63) is 58.5 Å². The lowest BCUT2D eigenvalue weighted by molar-refractivity contribution is -0.117. The maximum atomic E-state index is 14.8. The van der Waals surface area contributed by atoms with Crippen molar-refractivity contribution in [1.29, 1.82) is 0 Å². The van der Waals surface area contributed by atoms with Gasteiger partial charge in [0.05, 0.1) is 36.1 Å². The smallest absolute Gasteiger partial charge is 0.254 e. The number of aromatic nitrogens is 3. The molecule has 3 N–H and O–H groups in total. The first-order valence-electron chi connectivity index (χ1n) is 12.9. The van der Waals surface area contributed by atoms with Gasteiger partial charge in [-0.15, -0.1) is 0 Å².